The van der Waals surface area contributed by atoms with Crippen molar-refractivity contribution in [3.63, 3.8) is 0 Å². The van der Waals surface area contributed by atoms with Gasteiger partial charge >= 0.3 is 12.1 Å². The molecule has 1 N–H and O–H groups in total. The summed E-state index contributed by atoms with van der Waals surface area (Å²) in [5, 5.41) is 2.79. The molecule has 0 bridgehead atoms. The van der Waals surface area contributed by atoms with E-state index >= 15 is 0 Å². The first-order valence-corrected chi connectivity index (χ1v) is 14.0. The van der Waals surface area contributed by atoms with E-state index in [1.807, 2.05) is 45.0 Å². The molecule has 0 spiro atoms. The van der Waals surface area contributed by atoms with Crippen molar-refractivity contribution in [1.82, 2.24) is 5.32 Å². The van der Waals surface area contributed by atoms with Crippen LogP contribution in [0.15, 0.2) is 48.5 Å². The highest BCUT2D eigenvalue weighted by Crippen LogP contribution is 2.44. The SMILES string of the molecule is CC(C)(C)OC(=O)CCOCCOCCOCCOCCCNC(=O)OCC1c2ccccc2-c2ccccc21. The lowest BCUT2D eigenvalue weighted by Gasteiger charge is -2.19. The zero-order valence-electron chi connectivity index (χ0n) is 23.9. The summed E-state index contributed by atoms with van der Waals surface area (Å²) in [4.78, 5) is 23.8. The third-order valence-electron chi connectivity index (χ3n) is 6.07. The fourth-order valence-electron chi connectivity index (χ4n) is 4.32. The number of alkyl carbamates (subject to hydrolysis) is 1. The minimum absolute atomic E-state index is 0.0519. The van der Waals surface area contributed by atoms with Crippen LogP contribution < -0.4 is 5.32 Å². The molecule has 2 aromatic rings. The maximum absolute atomic E-state index is 12.2. The van der Waals surface area contributed by atoms with E-state index in [9.17, 15) is 9.59 Å². The van der Waals surface area contributed by atoms with Gasteiger partial charge in [0.15, 0.2) is 0 Å². The molecule has 220 valence electrons. The number of nitrogens with one attached hydrogen (secondary N) is 1. The Morgan fingerprint density at radius 3 is 1.77 bits per heavy atom. The number of rotatable bonds is 18. The van der Waals surface area contributed by atoms with Crippen LogP contribution in [0.25, 0.3) is 11.1 Å². The largest absolute Gasteiger partial charge is 0.460 e. The van der Waals surface area contributed by atoms with Crippen molar-refractivity contribution < 1.29 is 38.0 Å². The van der Waals surface area contributed by atoms with Gasteiger partial charge in [0, 0.05) is 19.1 Å². The van der Waals surface area contributed by atoms with Gasteiger partial charge in [-0.3, -0.25) is 4.79 Å². The maximum atomic E-state index is 12.2. The monoisotopic (exact) mass is 557 g/mol. The molecule has 0 unspecified atom stereocenters. The highest BCUT2D eigenvalue weighted by atomic mass is 16.6. The predicted octanol–water partition coefficient (Wildman–Crippen LogP) is 4.71. The van der Waals surface area contributed by atoms with Crippen LogP contribution in [0.3, 0.4) is 0 Å². The van der Waals surface area contributed by atoms with Gasteiger partial charge < -0.3 is 33.7 Å². The van der Waals surface area contributed by atoms with E-state index in [4.69, 9.17) is 28.4 Å². The van der Waals surface area contributed by atoms with E-state index in [-0.39, 0.29) is 18.3 Å². The molecule has 1 aliphatic rings. The van der Waals surface area contributed by atoms with E-state index in [1.54, 1.807) is 0 Å². The van der Waals surface area contributed by atoms with Crippen molar-refractivity contribution in [2.24, 2.45) is 0 Å². The summed E-state index contributed by atoms with van der Waals surface area (Å²) < 4.78 is 32.6. The van der Waals surface area contributed by atoms with Crippen LogP contribution >= 0.6 is 0 Å². The zero-order chi connectivity index (χ0) is 28.6. The Bertz CT molecular complexity index is 1010. The Labute approximate surface area is 237 Å². The van der Waals surface area contributed by atoms with E-state index in [1.165, 1.54) is 22.3 Å². The van der Waals surface area contributed by atoms with Crippen LogP contribution in [-0.2, 0) is 33.2 Å². The lowest BCUT2D eigenvalue weighted by atomic mass is 9.98. The average Bonchev–Trinajstić information content (AvgIpc) is 3.24. The minimum Gasteiger partial charge on any atom is -0.460 e. The van der Waals surface area contributed by atoms with Gasteiger partial charge in [-0.1, -0.05) is 48.5 Å². The molecule has 3 rings (SSSR count). The number of hydrogen-bond acceptors (Lipinski definition) is 8. The predicted molar refractivity (Wildman–Crippen MR) is 151 cm³/mol. The summed E-state index contributed by atoms with van der Waals surface area (Å²) in [6.45, 7) is 9.83. The first-order chi connectivity index (χ1) is 19.3. The molecule has 0 radical (unpaired) electrons. The van der Waals surface area contributed by atoms with Crippen molar-refractivity contribution in [2.75, 3.05) is 66.0 Å². The molecule has 0 atom stereocenters. The van der Waals surface area contributed by atoms with Gasteiger partial charge in [-0.15, -0.1) is 0 Å². The summed E-state index contributed by atoms with van der Waals surface area (Å²) in [6, 6.07) is 16.5. The first kappa shape index (κ1) is 31.5. The number of fused-ring (bicyclic) bond motifs is 3. The van der Waals surface area contributed by atoms with Gasteiger partial charge in [-0.05, 0) is 49.4 Å². The van der Waals surface area contributed by atoms with Crippen molar-refractivity contribution in [1.29, 1.82) is 0 Å². The molecule has 40 heavy (non-hydrogen) atoms. The van der Waals surface area contributed by atoms with Crippen molar-refractivity contribution in [3.8, 4) is 11.1 Å². The number of esters is 1. The molecule has 0 saturated heterocycles. The molecule has 0 heterocycles. The molecule has 0 aromatic heterocycles. The van der Waals surface area contributed by atoms with E-state index in [0.29, 0.717) is 72.4 Å². The average molecular weight is 558 g/mol. The Hall–Kier alpha value is -2.98. The van der Waals surface area contributed by atoms with Crippen LogP contribution in [-0.4, -0.2) is 83.7 Å². The first-order valence-electron chi connectivity index (χ1n) is 14.0. The van der Waals surface area contributed by atoms with Crippen molar-refractivity contribution in [2.45, 2.75) is 45.1 Å². The lowest BCUT2D eigenvalue weighted by molar-refractivity contribution is -0.156. The van der Waals surface area contributed by atoms with Crippen molar-refractivity contribution in [3.05, 3.63) is 59.7 Å². The van der Waals surface area contributed by atoms with Gasteiger partial charge in [-0.2, -0.15) is 0 Å². The second-order valence-electron chi connectivity index (χ2n) is 10.4. The molecule has 9 nitrogen and oxygen atoms in total. The second kappa shape index (κ2) is 17.0. The standard InChI is InChI=1S/C31H43NO8/c1-31(2,3)40-29(33)13-16-36-18-20-38-22-21-37-19-17-35-15-8-14-32-30(34)39-23-28-26-11-6-4-9-24(26)25-10-5-7-12-27(25)28/h4-7,9-12,28H,8,13-23H2,1-3H3,(H,32,34). The fourth-order valence-corrected chi connectivity index (χ4v) is 4.32. The van der Waals surface area contributed by atoms with Gasteiger partial charge in [0.05, 0.1) is 52.7 Å². The molecule has 1 aliphatic carbocycles. The van der Waals surface area contributed by atoms with E-state index in [2.05, 4.69) is 29.6 Å². The topological polar surface area (TPSA) is 102 Å². The second-order valence-corrected chi connectivity index (χ2v) is 10.4. The minimum atomic E-state index is -0.476. The number of carbonyl (C=O) groups is 2. The zero-order valence-corrected chi connectivity index (χ0v) is 23.9. The van der Waals surface area contributed by atoms with Crippen LogP contribution in [0.4, 0.5) is 4.79 Å². The molecule has 0 aliphatic heterocycles. The molecular weight excluding hydrogens is 514 g/mol. The summed E-state index contributed by atoms with van der Waals surface area (Å²) in [5.41, 5.74) is 4.33. The van der Waals surface area contributed by atoms with Gasteiger partial charge in [-0.25, -0.2) is 4.79 Å². The number of hydrogen-bond donors (Lipinski definition) is 1. The van der Waals surface area contributed by atoms with Gasteiger partial charge in [0.1, 0.15) is 12.2 Å². The quantitative estimate of drug-likeness (QED) is 0.208. The molecule has 0 saturated carbocycles. The van der Waals surface area contributed by atoms with Crippen LogP contribution in [0.2, 0.25) is 0 Å². The van der Waals surface area contributed by atoms with Crippen LogP contribution in [0.1, 0.15) is 50.7 Å². The number of benzene rings is 2. The highest BCUT2D eigenvalue weighted by Gasteiger charge is 2.28. The Balaban J connectivity index is 1.10. The third-order valence-corrected chi connectivity index (χ3v) is 6.07. The van der Waals surface area contributed by atoms with E-state index in [0.717, 1.165) is 0 Å². The third kappa shape index (κ3) is 11.3. The van der Waals surface area contributed by atoms with Crippen LogP contribution in [0.5, 0.6) is 0 Å². The maximum Gasteiger partial charge on any atom is 0.407 e. The Morgan fingerprint density at radius 1 is 0.725 bits per heavy atom. The molecule has 2 aromatic carbocycles. The number of ether oxygens (including phenoxy) is 6. The summed E-state index contributed by atoms with van der Waals surface area (Å²) in [6.07, 6.45) is 0.492. The smallest absolute Gasteiger partial charge is 0.407 e. The van der Waals surface area contributed by atoms with Gasteiger partial charge in [0.2, 0.25) is 0 Å². The fraction of sp³-hybridized carbons (Fsp3) is 0.548. The lowest BCUT2D eigenvalue weighted by Crippen LogP contribution is -2.27. The molecule has 1 amide bonds. The van der Waals surface area contributed by atoms with Crippen molar-refractivity contribution >= 4 is 12.1 Å². The van der Waals surface area contributed by atoms with Crippen LogP contribution in [0, 0.1) is 0 Å². The normalized spacial score (nSPS) is 12.6. The number of carbonyl (C=O) groups excluding carboxylic acids is 2. The Morgan fingerprint density at radius 2 is 1.23 bits per heavy atom. The summed E-state index contributed by atoms with van der Waals surface area (Å²) in [5.74, 6) is -0.216. The molecular formula is C31H43NO8. The summed E-state index contributed by atoms with van der Waals surface area (Å²) in [7, 11) is 0. The van der Waals surface area contributed by atoms with E-state index < -0.39 is 11.7 Å². The number of amides is 1. The summed E-state index contributed by atoms with van der Waals surface area (Å²) >= 11 is 0. The van der Waals surface area contributed by atoms with Gasteiger partial charge in [0.25, 0.3) is 0 Å². The highest BCUT2D eigenvalue weighted by molar-refractivity contribution is 5.79. The molecule has 0 fully saturated rings. The Kier molecular flexibility index (Phi) is 13.4. The molecule has 9 heteroatoms.